The predicted octanol–water partition coefficient (Wildman–Crippen LogP) is 2.66. The summed E-state index contributed by atoms with van der Waals surface area (Å²) in [6, 6.07) is 13.5. The third-order valence-electron chi connectivity index (χ3n) is 4.25. The second-order valence-corrected chi connectivity index (χ2v) is 9.21. The molecule has 136 valence electrons. The Labute approximate surface area is 153 Å². The number of rotatable bonds is 7. The first-order valence-corrected chi connectivity index (χ1v) is 11.0. The minimum Gasteiger partial charge on any atom is -0.492 e. The lowest BCUT2D eigenvalue weighted by molar-refractivity contribution is 0.280. The zero-order chi connectivity index (χ0) is 17.5. The Balaban J connectivity index is 1.48. The Morgan fingerprint density at radius 2 is 1.84 bits per heavy atom. The van der Waals surface area contributed by atoms with Crippen molar-refractivity contribution in [2.75, 3.05) is 38.5 Å². The highest BCUT2D eigenvalue weighted by atomic mass is 32.2. The maximum atomic E-state index is 12.6. The van der Waals surface area contributed by atoms with Gasteiger partial charge in [-0.25, -0.2) is 12.7 Å². The van der Waals surface area contributed by atoms with Crippen LogP contribution in [0.1, 0.15) is 11.3 Å². The van der Waals surface area contributed by atoms with Gasteiger partial charge in [-0.2, -0.15) is 0 Å². The van der Waals surface area contributed by atoms with E-state index in [1.165, 1.54) is 4.88 Å². The molecular formula is C18H24N2O3S2. The zero-order valence-electron chi connectivity index (χ0n) is 14.2. The van der Waals surface area contributed by atoms with Crippen LogP contribution in [0.5, 0.6) is 5.75 Å². The summed E-state index contributed by atoms with van der Waals surface area (Å²) in [5, 5.41) is 2.08. The molecule has 1 aliphatic heterocycles. The van der Waals surface area contributed by atoms with Crippen molar-refractivity contribution in [2.24, 2.45) is 0 Å². The van der Waals surface area contributed by atoms with Gasteiger partial charge in [-0.1, -0.05) is 24.3 Å². The summed E-state index contributed by atoms with van der Waals surface area (Å²) in [4.78, 5) is 3.66. The van der Waals surface area contributed by atoms with Crippen LogP contribution in [0.2, 0.25) is 0 Å². The second-order valence-electron chi connectivity index (χ2n) is 6.09. The van der Waals surface area contributed by atoms with Crippen molar-refractivity contribution in [3.05, 3.63) is 52.7 Å². The van der Waals surface area contributed by atoms with Crippen molar-refractivity contribution >= 4 is 21.4 Å². The first-order valence-electron chi connectivity index (χ1n) is 8.54. The molecule has 3 rings (SSSR count). The molecule has 0 unspecified atom stereocenters. The van der Waals surface area contributed by atoms with Crippen LogP contribution in [0.15, 0.2) is 47.8 Å². The highest BCUT2D eigenvalue weighted by Crippen LogP contribution is 2.15. The molecule has 0 spiro atoms. The number of sulfonamides is 1. The molecule has 0 amide bonds. The topological polar surface area (TPSA) is 49.9 Å². The van der Waals surface area contributed by atoms with Gasteiger partial charge in [0, 0.05) is 31.1 Å². The molecule has 1 saturated heterocycles. The first-order chi connectivity index (χ1) is 12.1. The van der Waals surface area contributed by atoms with E-state index in [1.54, 1.807) is 15.6 Å². The van der Waals surface area contributed by atoms with E-state index in [4.69, 9.17) is 4.74 Å². The van der Waals surface area contributed by atoms with Crippen molar-refractivity contribution < 1.29 is 13.2 Å². The fraction of sp³-hybridized carbons (Fsp3) is 0.444. The normalized spacial score (nSPS) is 17.3. The quantitative estimate of drug-likeness (QED) is 0.741. The van der Waals surface area contributed by atoms with Crippen molar-refractivity contribution in [1.82, 2.24) is 9.21 Å². The van der Waals surface area contributed by atoms with Gasteiger partial charge >= 0.3 is 0 Å². The number of benzene rings is 1. The average Bonchev–Trinajstić information content (AvgIpc) is 2.99. The molecule has 25 heavy (non-hydrogen) atoms. The van der Waals surface area contributed by atoms with Crippen molar-refractivity contribution in [3.63, 3.8) is 0 Å². The Morgan fingerprint density at radius 1 is 1.00 bits per heavy atom. The molecule has 1 aromatic carbocycles. The lowest BCUT2D eigenvalue weighted by Crippen LogP contribution is -2.37. The zero-order valence-corrected chi connectivity index (χ0v) is 15.8. The smallest absolute Gasteiger partial charge is 0.217 e. The van der Waals surface area contributed by atoms with Crippen molar-refractivity contribution in [1.29, 1.82) is 0 Å². The highest BCUT2D eigenvalue weighted by molar-refractivity contribution is 7.89. The van der Waals surface area contributed by atoms with E-state index in [0.29, 0.717) is 18.8 Å². The van der Waals surface area contributed by atoms with Crippen LogP contribution in [0.3, 0.4) is 0 Å². The molecule has 2 heterocycles. The fourth-order valence-electron chi connectivity index (χ4n) is 2.92. The molecular weight excluding hydrogens is 356 g/mol. The summed E-state index contributed by atoms with van der Waals surface area (Å²) < 4.78 is 32.3. The molecule has 2 aromatic rings. The van der Waals surface area contributed by atoms with Crippen LogP contribution in [0, 0.1) is 0 Å². The number of ether oxygens (including phenoxy) is 1. The summed E-state index contributed by atoms with van der Waals surface area (Å²) in [7, 11) is -3.28. The SMILES string of the molecule is O=S(=O)(CCOc1ccccc1)N1CCCN(Cc2cccs2)CC1. The summed E-state index contributed by atoms with van der Waals surface area (Å²) in [5.74, 6) is 0.725. The van der Waals surface area contributed by atoms with Crippen LogP contribution in [0.4, 0.5) is 0 Å². The average molecular weight is 381 g/mol. The third kappa shape index (κ3) is 5.54. The van der Waals surface area contributed by atoms with Crippen LogP contribution >= 0.6 is 11.3 Å². The standard InChI is InChI=1S/C18H24N2O3S2/c21-25(22,15-13-23-17-6-2-1-3-7-17)20-10-5-9-19(11-12-20)16-18-8-4-14-24-18/h1-4,6-8,14H,5,9-13,15-16H2. The number of hydrogen-bond donors (Lipinski definition) is 0. The van der Waals surface area contributed by atoms with Gasteiger partial charge in [0.1, 0.15) is 12.4 Å². The van der Waals surface area contributed by atoms with Gasteiger partial charge in [-0.05, 0) is 36.5 Å². The fourth-order valence-corrected chi connectivity index (χ4v) is 4.98. The van der Waals surface area contributed by atoms with E-state index in [-0.39, 0.29) is 12.4 Å². The van der Waals surface area contributed by atoms with Crippen LogP contribution < -0.4 is 4.74 Å². The van der Waals surface area contributed by atoms with Gasteiger partial charge in [0.15, 0.2) is 0 Å². The van der Waals surface area contributed by atoms with E-state index in [9.17, 15) is 8.42 Å². The first kappa shape index (κ1) is 18.4. The maximum Gasteiger partial charge on any atom is 0.217 e. The lowest BCUT2D eigenvalue weighted by Gasteiger charge is -2.21. The Morgan fingerprint density at radius 3 is 2.60 bits per heavy atom. The van der Waals surface area contributed by atoms with Gasteiger partial charge in [0.2, 0.25) is 10.0 Å². The largest absolute Gasteiger partial charge is 0.492 e. The molecule has 7 heteroatoms. The number of hydrogen-bond acceptors (Lipinski definition) is 5. The van der Waals surface area contributed by atoms with Gasteiger partial charge in [-0.15, -0.1) is 11.3 Å². The van der Waals surface area contributed by atoms with E-state index < -0.39 is 10.0 Å². The van der Waals surface area contributed by atoms with Crippen molar-refractivity contribution in [3.8, 4) is 5.75 Å². The molecule has 1 aromatic heterocycles. The van der Waals surface area contributed by atoms with E-state index >= 15 is 0 Å². The predicted molar refractivity (Wildman–Crippen MR) is 102 cm³/mol. The van der Waals surface area contributed by atoms with Gasteiger partial charge in [0.25, 0.3) is 0 Å². The summed E-state index contributed by atoms with van der Waals surface area (Å²) in [5.41, 5.74) is 0. The van der Waals surface area contributed by atoms with Gasteiger partial charge < -0.3 is 4.74 Å². The molecule has 1 aliphatic rings. The number of para-hydroxylation sites is 1. The van der Waals surface area contributed by atoms with E-state index in [0.717, 1.165) is 26.1 Å². The number of nitrogens with zero attached hydrogens (tertiary/aromatic N) is 2. The third-order valence-corrected chi connectivity index (χ3v) is 6.95. The lowest BCUT2D eigenvalue weighted by atomic mass is 10.3. The summed E-state index contributed by atoms with van der Waals surface area (Å²) in [6.07, 6.45) is 0.865. The minimum absolute atomic E-state index is 0.0207. The monoisotopic (exact) mass is 380 g/mol. The van der Waals surface area contributed by atoms with Crippen LogP contribution in [-0.4, -0.2) is 56.2 Å². The van der Waals surface area contributed by atoms with E-state index in [1.807, 2.05) is 30.3 Å². The van der Waals surface area contributed by atoms with E-state index in [2.05, 4.69) is 22.4 Å². The molecule has 0 aliphatic carbocycles. The Bertz CT molecular complexity index is 733. The molecule has 5 nitrogen and oxygen atoms in total. The van der Waals surface area contributed by atoms with Crippen molar-refractivity contribution in [2.45, 2.75) is 13.0 Å². The molecule has 0 saturated carbocycles. The maximum absolute atomic E-state index is 12.6. The van der Waals surface area contributed by atoms with Crippen LogP contribution in [0.25, 0.3) is 0 Å². The highest BCUT2D eigenvalue weighted by Gasteiger charge is 2.25. The second kappa shape index (κ2) is 8.80. The molecule has 0 bridgehead atoms. The molecule has 0 atom stereocenters. The van der Waals surface area contributed by atoms with Gasteiger partial charge in [0.05, 0.1) is 5.75 Å². The molecule has 0 radical (unpaired) electrons. The minimum atomic E-state index is -3.28. The summed E-state index contributed by atoms with van der Waals surface area (Å²) >= 11 is 1.75. The number of thiophene rings is 1. The van der Waals surface area contributed by atoms with Gasteiger partial charge in [-0.3, -0.25) is 4.90 Å². The summed E-state index contributed by atoms with van der Waals surface area (Å²) in [6.45, 7) is 3.94. The molecule has 1 fully saturated rings. The Hall–Kier alpha value is -1.41. The Kier molecular flexibility index (Phi) is 6.47. The van der Waals surface area contributed by atoms with Crippen LogP contribution in [-0.2, 0) is 16.6 Å². The molecule has 0 N–H and O–H groups in total.